The minimum absolute atomic E-state index is 0.0321. The molecule has 2 aliphatic rings. The third-order valence-corrected chi connectivity index (χ3v) is 7.45. The Morgan fingerprint density at radius 1 is 0.562 bits per heavy atom. The van der Waals surface area contributed by atoms with Crippen molar-refractivity contribution in [2.24, 2.45) is 0 Å². The fourth-order valence-electron chi connectivity index (χ4n) is 5.10. The van der Waals surface area contributed by atoms with E-state index in [1.54, 1.807) is 0 Å². The second kappa shape index (κ2) is 22.0. The van der Waals surface area contributed by atoms with Gasteiger partial charge in [-0.2, -0.15) is 0 Å². The maximum absolute atomic E-state index is 12.2. The maximum Gasteiger partial charge on any atom is 0.407 e. The standard InChI is InChI=1S/C35H46N2O11/c38-33-9-10-34(39)37(33)12-14-42-16-18-44-20-22-46-24-26-47-25-23-45-21-19-43-17-15-41-13-11-36-35(40)48-27-32-30-7-3-1-5-28(30)29-6-2-4-8-31(29)32/h1-10,32H,11-27H2,(H,36,40). The number of alkyl carbamates (subject to hydrolysis) is 1. The molecule has 0 saturated heterocycles. The molecule has 0 aromatic heterocycles. The lowest BCUT2D eigenvalue weighted by molar-refractivity contribution is -0.137. The van der Waals surface area contributed by atoms with Crippen molar-refractivity contribution in [2.75, 3.05) is 112 Å². The molecule has 48 heavy (non-hydrogen) atoms. The van der Waals surface area contributed by atoms with Gasteiger partial charge >= 0.3 is 6.09 Å². The van der Waals surface area contributed by atoms with Crippen LogP contribution in [0.5, 0.6) is 0 Å². The van der Waals surface area contributed by atoms with Crippen molar-refractivity contribution in [1.82, 2.24) is 10.2 Å². The van der Waals surface area contributed by atoms with Gasteiger partial charge in [0.15, 0.2) is 0 Å². The van der Waals surface area contributed by atoms with Crippen LogP contribution in [0.4, 0.5) is 4.79 Å². The summed E-state index contributed by atoms with van der Waals surface area (Å²) in [5.41, 5.74) is 4.75. The number of carbonyl (C=O) groups is 3. The first kappa shape index (κ1) is 37.1. The molecule has 2 aromatic carbocycles. The zero-order chi connectivity index (χ0) is 33.7. The molecule has 0 fully saturated rings. The molecule has 4 rings (SSSR count). The number of nitrogens with zero attached hydrogens (tertiary/aromatic N) is 1. The van der Waals surface area contributed by atoms with Crippen molar-refractivity contribution in [3.8, 4) is 11.1 Å². The van der Waals surface area contributed by atoms with E-state index in [9.17, 15) is 14.4 Å². The monoisotopic (exact) mass is 670 g/mol. The molecule has 13 heteroatoms. The average molecular weight is 671 g/mol. The van der Waals surface area contributed by atoms with E-state index in [0.29, 0.717) is 92.4 Å². The minimum atomic E-state index is -0.459. The van der Waals surface area contributed by atoms with Gasteiger partial charge in [0.2, 0.25) is 0 Å². The number of rotatable bonds is 26. The van der Waals surface area contributed by atoms with E-state index < -0.39 is 6.09 Å². The van der Waals surface area contributed by atoms with Gasteiger partial charge in [-0.25, -0.2) is 4.79 Å². The molecular formula is C35H46N2O11. The van der Waals surface area contributed by atoms with Gasteiger partial charge in [-0.3, -0.25) is 14.5 Å². The van der Waals surface area contributed by atoms with E-state index in [2.05, 4.69) is 29.6 Å². The fraction of sp³-hybridized carbons (Fsp3) is 0.514. The van der Waals surface area contributed by atoms with Crippen molar-refractivity contribution in [3.63, 3.8) is 0 Å². The molecule has 1 aliphatic carbocycles. The number of nitrogens with one attached hydrogen (secondary N) is 1. The van der Waals surface area contributed by atoms with Crippen LogP contribution >= 0.6 is 0 Å². The van der Waals surface area contributed by atoms with Crippen LogP contribution in [0.25, 0.3) is 11.1 Å². The Labute approximate surface area is 281 Å². The van der Waals surface area contributed by atoms with Crippen LogP contribution in [-0.2, 0) is 47.5 Å². The van der Waals surface area contributed by atoms with Crippen LogP contribution in [0.2, 0.25) is 0 Å². The summed E-state index contributed by atoms with van der Waals surface area (Å²) < 4.78 is 43.7. The predicted molar refractivity (Wildman–Crippen MR) is 175 cm³/mol. The average Bonchev–Trinajstić information content (AvgIpc) is 3.60. The second-order valence-electron chi connectivity index (χ2n) is 10.7. The number of hydrogen-bond donors (Lipinski definition) is 1. The van der Waals surface area contributed by atoms with E-state index in [1.807, 2.05) is 24.3 Å². The van der Waals surface area contributed by atoms with E-state index in [0.717, 1.165) is 4.90 Å². The van der Waals surface area contributed by atoms with E-state index >= 15 is 0 Å². The SMILES string of the molecule is O=C(NCCOCCOCCOCCOCCOCCOCCOCCN1C(=O)C=CC1=O)OCC1c2ccccc2-c2ccccc21. The molecule has 0 atom stereocenters. The van der Waals surface area contributed by atoms with Gasteiger partial charge in [0.1, 0.15) is 6.61 Å². The molecule has 3 amide bonds. The third kappa shape index (κ3) is 12.7. The van der Waals surface area contributed by atoms with Gasteiger partial charge in [-0.1, -0.05) is 48.5 Å². The molecule has 0 radical (unpaired) electrons. The van der Waals surface area contributed by atoms with E-state index in [4.69, 9.17) is 37.9 Å². The number of fused-ring (bicyclic) bond motifs is 3. The van der Waals surface area contributed by atoms with Gasteiger partial charge < -0.3 is 43.2 Å². The summed E-state index contributed by atoms with van der Waals surface area (Å²) in [5, 5.41) is 2.73. The smallest absolute Gasteiger partial charge is 0.407 e. The molecule has 13 nitrogen and oxygen atoms in total. The Hall–Kier alpha value is -3.69. The Balaban J connectivity index is 0.838. The first-order valence-corrected chi connectivity index (χ1v) is 16.3. The largest absolute Gasteiger partial charge is 0.449 e. The van der Waals surface area contributed by atoms with Crippen molar-refractivity contribution in [3.05, 3.63) is 71.8 Å². The van der Waals surface area contributed by atoms with Gasteiger partial charge in [0.25, 0.3) is 11.8 Å². The van der Waals surface area contributed by atoms with Crippen molar-refractivity contribution in [1.29, 1.82) is 0 Å². The van der Waals surface area contributed by atoms with Crippen LogP contribution < -0.4 is 5.32 Å². The molecule has 0 unspecified atom stereocenters. The minimum Gasteiger partial charge on any atom is -0.449 e. The Kier molecular flexibility index (Phi) is 17.1. The van der Waals surface area contributed by atoms with Crippen molar-refractivity contribution in [2.45, 2.75) is 5.92 Å². The topological polar surface area (TPSA) is 140 Å². The number of carbonyl (C=O) groups excluding carboxylic acids is 3. The first-order chi connectivity index (χ1) is 23.6. The van der Waals surface area contributed by atoms with Crippen LogP contribution in [0.15, 0.2) is 60.7 Å². The molecule has 2 aromatic rings. The lowest BCUT2D eigenvalue weighted by Crippen LogP contribution is -2.33. The van der Waals surface area contributed by atoms with Gasteiger partial charge in [0.05, 0.1) is 99.0 Å². The highest BCUT2D eigenvalue weighted by atomic mass is 16.6. The maximum atomic E-state index is 12.2. The summed E-state index contributed by atoms with van der Waals surface area (Å²) >= 11 is 0. The molecule has 262 valence electrons. The summed E-state index contributed by atoms with van der Waals surface area (Å²) in [6.45, 7) is 6.73. The van der Waals surface area contributed by atoms with Crippen LogP contribution in [0.3, 0.4) is 0 Å². The number of amides is 3. The van der Waals surface area contributed by atoms with Crippen molar-refractivity contribution < 1.29 is 52.3 Å². The zero-order valence-corrected chi connectivity index (χ0v) is 27.3. The normalized spacial score (nSPS) is 13.7. The molecule has 0 spiro atoms. The lowest BCUT2D eigenvalue weighted by atomic mass is 9.98. The lowest BCUT2D eigenvalue weighted by Gasteiger charge is -2.14. The van der Waals surface area contributed by atoms with Crippen LogP contribution in [0.1, 0.15) is 17.0 Å². The van der Waals surface area contributed by atoms with Gasteiger partial charge in [-0.15, -0.1) is 0 Å². The van der Waals surface area contributed by atoms with Gasteiger partial charge in [-0.05, 0) is 22.3 Å². The predicted octanol–water partition coefficient (Wildman–Crippen LogP) is 2.57. The molecule has 1 N–H and O–H groups in total. The van der Waals surface area contributed by atoms with E-state index in [-0.39, 0.29) is 37.5 Å². The Morgan fingerprint density at radius 3 is 1.42 bits per heavy atom. The first-order valence-electron chi connectivity index (χ1n) is 16.3. The summed E-state index contributed by atoms with van der Waals surface area (Å²) in [7, 11) is 0. The van der Waals surface area contributed by atoms with Crippen molar-refractivity contribution >= 4 is 17.9 Å². The molecular weight excluding hydrogens is 624 g/mol. The summed E-state index contributed by atoms with van der Waals surface area (Å²) in [5.74, 6) is -0.589. The third-order valence-electron chi connectivity index (χ3n) is 7.45. The molecule has 0 bridgehead atoms. The Bertz CT molecular complexity index is 1240. The number of benzene rings is 2. The number of hydrogen-bond acceptors (Lipinski definition) is 11. The quantitative estimate of drug-likeness (QED) is 0.117. The molecule has 1 aliphatic heterocycles. The highest BCUT2D eigenvalue weighted by molar-refractivity contribution is 6.12. The summed E-state index contributed by atoms with van der Waals surface area (Å²) in [6.07, 6.45) is 2.05. The second-order valence-corrected chi connectivity index (χ2v) is 10.7. The summed E-state index contributed by atoms with van der Waals surface area (Å²) in [4.78, 5) is 36.2. The molecule has 0 saturated carbocycles. The number of imide groups is 1. The highest BCUT2D eigenvalue weighted by Crippen LogP contribution is 2.44. The van der Waals surface area contributed by atoms with Crippen LogP contribution in [0, 0.1) is 0 Å². The zero-order valence-electron chi connectivity index (χ0n) is 27.3. The fourth-order valence-corrected chi connectivity index (χ4v) is 5.10. The van der Waals surface area contributed by atoms with Gasteiger partial charge in [0, 0.05) is 24.6 Å². The molecule has 1 heterocycles. The summed E-state index contributed by atoms with van der Waals surface area (Å²) in [6, 6.07) is 16.5. The number of ether oxygens (including phenoxy) is 8. The Morgan fingerprint density at radius 2 is 0.958 bits per heavy atom. The van der Waals surface area contributed by atoms with E-state index in [1.165, 1.54) is 34.4 Å². The highest BCUT2D eigenvalue weighted by Gasteiger charge is 2.29. The van der Waals surface area contributed by atoms with Crippen LogP contribution in [-0.4, -0.2) is 135 Å².